The van der Waals surface area contributed by atoms with E-state index >= 15 is 0 Å². The molecule has 0 aliphatic rings. The van der Waals surface area contributed by atoms with Crippen molar-refractivity contribution in [3.05, 3.63) is 45.9 Å². The average Bonchev–Trinajstić information content (AvgIpc) is 2.73. The molecule has 2 rings (SSSR count). The molecule has 2 aromatic rings. The number of aromatic nitrogens is 1. The zero-order chi connectivity index (χ0) is 11.4. The Morgan fingerprint density at radius 1 is 1.44 bits per heavy atom. The molecule has 4 heteroatoms. The van der Waals surface area contributed by atoms with Crippen LogP contribution in [0.2, 0.25) is 0 Å². The lowest BCUT2D eigenvalue weighted by molar-refractivity contribution is 0.302. The predicted molar refractivity (Wildman–Crippen MR) is 67.2 cm³/mol. The summed E-state index contributed by atoms with van der Waals surface area (Å²) in [5.74, 6) is 1.34. The smallest absolute Gasteiger partial charge is 0.131 e. The zero-order valence-electron chi connectivity index (χ0n) is 8.94. The maximum Gasteiger partial charge on any atom is 0.131 e. The highest BCUT2D eigenvalue weighted by molar-refractivity contribution is 7.09. The number of halogens is 1. The molecule has 0 atom stereocenters. The molecule has 2 nitrogen and oxygen atoms in total. The zero-order valence-corrected chi connectivity index (χ0v) is 10.5. The molecule has 1 aromatic carbocycles. The van der Waals surface area contributed by atoms with Crippen LogP contribution in [0.1, 0.15) is 16.3 Å². The molecule has 1 heterocycles. The Kier molecular flexibility index (Phi) is 3.80. The van der Waals surface area contributed by atoms with E-state index < -0.39 is 0 Å². The van der Waals surface area contributed by atoms with Gasteiger partial charge in [0.1, 0.15) is 12.4 Å². The first-order valence-electron chi connectivity index (χ1n) is 4.96. The Morgan fingerprint density at radius 2 is 2.31 bits per heavy atom. The largest absolute Gasteiger partial charge is 0.487 e. The molecule has 0 fully saturated rings. The van der Waals surface area contributed by atoms with Crippen molar-refractivity contribution < 1.29 is 4.74 Å². The molecule has 0 N–H and O–H groups in total. The lowest BCUT2D eigenvalue weighted by atomic mass is 10.2. The molecule has 0 unspecified atom stereocenters. The van der Waals surface area contributed by atoms with Crippen LogP contribution in [0, 0.1) is 6.92 Å². The van der Waals surface area contributed by atoms with Crippen molar-refractivity contribution in [2.24, 2.45) is 0 Å². The van der Waals surface area contributed by atoms with E-state index in [1.165, 1.54) is 0 Å². The van der Waals surface area contributed by atoms with Gasteiger partial charge in [0.05, 0.1) is 10.7 Å². The Bertz CT molecular complexity index is 470. The van der Waals surface area contributed by atoms with Crippen molar-refractivity contribution in [3.8, 4) is 5.75 Å². The third kappa shape index (κ3) is 2.97. The van der Waals surface area contributed by atoms with Crippen molar-refractivity contribution in [2.45, 2.75) is 19.4 Å². The number of thiazole rings is 1. The summed E-state index contributed by atoms with van der Waals surface area (Å²) in [5, 5.41) is 3.08. The van der Waals surface area contributed by atoms with Gasteiger partial charge in [0.15, 0.2) is 0 Å². The second-order valence-electron chi connectivity index (χ2n) is 3.43. The summed E-state index contributed by atoms with van der Waals surface area (Å²) in [6, 6.07) is 7.80. The summed E-state index contributed by atoms with van der Waals surface area (Å²) in [6.45, 7) is 2.50. The van der Waals surface area contributed by atoms with E-state index in [2.05, 4.69) is 4.98 Å². The van der Waals surface area contributed by atoms with E-state index in [0.29, 0.717) is 12.5 Å². The van der Waals surface area contributed by atoms with Gasteiger partial charge in [-0.2, -0.15) is 0 Å². The van der Waals surface area contributed by atoms with Gasteiger partial charge in [-0.05, 0) is 24.6 Å². The van der Waals surface area contributed by atoms with E-state index in [1.807, 2.05) is 36.6 Å². The highest BCUT2D eigenvalue weighted by Crippen LogP contribution is 2.17. The maximum absolute atomic E-state index is 5.75. The minimum absolute atomic E-state index is 0.507. The summed E-state index contributed by atoms with van der Waals surface area (Å²) in [4.78, 5) is 4.34. The fourth-order valence-electron chi connectivity index (χ4n) is 1.35. The summed E-state index contributed by atoms with van der Waals surface area (Å²) < 4.78 is 5.63. The molecule has 0 bridgehead atoms. The van der Waals surface area contributed by atoms with Crippen LogP contribution in [0.3, 0.4) is 0 Å². The monoisotopic (exact) mass is 253 g/mol. The number of alkyl halides is 1. The van der Waals surface area contributed by atoms with Crippen molar-refractivity contribution >= 4 is 22.9 Å². The molecule has 0 amide bonds. The first-order chi connectivity index (χ1) is 7.78. The molecule has 0 aliphatic carbocycles. The van der Waals surface area contributed by atoms with Crippen molar-refractivity contribution in [1.29, 1.82) is 0 Å². The minimum Gasteiger partial charge on any atom is -0.487 e. The third-order valence-corrected chi connectivity index (χ3v) is 3.24. The van der Waals surface area contributed by atoms with Crippen molar-refractivity contribution in [2.75, 3.05) is 0 Å². The summed E-state index contributed by atoms with van der Waals surface area (Å²) in [5.41, 5.74) is 2.03. The molecule has 0 saturated carbocycles. The standard InChI is InChI=1S/C12H12ClNOS/c1-9-14-11(8-16-9)7-15-12-4-2-3-10(5-12)6-13/h2-5,8H,6-7H2,1H3. The summed E-state index contributed by atoms with van der Waals surface area (Å²) in [6.07, 6.45) is 0. The van der Waals surface area contributed by atoms with Gasteiger partial charge in [-0.3, -0.25) is 0 Å². The van der Waals surface area contributed by atoms with Crippen LogP contribution < -0.4 is 4.74 Å². The highest BCUT2D eigenvalue weighted by Gasteiger charge is 2.00. The van der Waals surface area contributed by atoms with Gasteiger partial charge in [0.25, 0.3) is 0 Å². The van der Waals surface area contributed by atoms with E-state index in [1.54, 1.807) is 11.3 Å². The first-order valence-corrected chi connectivity index (χ1v) is 6.38. The number of hydrogen-bond donors (Lipinski definition) is 0. The average molecular weight is 254 g/mol. The first kappa shape index (κ1) is 11.4. The van der Waals surface area contributed by atoms with Gasteiger partial charge in [-0.1, -0.05) is 12.1 Å². The van der Waals surface area contributed by atoms with Gasteiger partial charge in [-0.25, -0.2) is 4.98 Å². The van der Waals surface area contributed by atoms with E-state index in [4.69, 9.17) is 16.3 Å². The Hall–Kier alpha value is -1.06. The van der Waals surface area contributed by atoms with E-state index in [0.717, 1.165) is 22.0 Å². The maximum atomic E-state index is 5.75. The fourth-order valence-corrected chi connectivity index (χ4v) is 2.11. The minimum atomic E-state index is 0.507. The van der Waals surface area contributed by atoms with Gasteiger partial charge in [0, 0.05) is 11.3 Å². The Labute approximate surface area is 104 Å². The van der Waals surface area contributed by atoms with E-state index in [-0.39, 0.29) is 0 Å². The van der Waals surface area contributed by atoms with Crippen LogP contribution in [0.15, 0.2) is 29.6 Å². The Morgan fingerprint density at radius 3 is 3.00 bits per heavy atom. The normalized spacial score (nSPS) is 10.4. The second kappa shape index (κ2) is 5.32. The quantitative estimate of drug-likeness (QED) is 0.774. The molecule has 0 aliphatic heterocycles. The molecule has 16 heavy (non-hydrogen) atoms. The van der Waals surface area contributed by atoms with Gasteiger partial charge >= 0.3 is 0 Å². The SMILES string of the molecule is Cc1nc(COc2cccc(CCl)c2)cs1. The highest BCUT2D eigenvalue weighted by atomic mass is 35.5. The molecule has 84 valence electrons. The molecular weight excluding hydrogens is 242 g/mol. The number of benzene rings is 1. The molecule has 0 saturated heterocycles. The predicted octanol–water partition coefficient (Wildman–Crippen LogP) is 3.77. The summed E-state index contributed by atoms with van der Waals surface area (Å²) >= 11 is 7.39. The number of aryl methyl sites for hydroxylation is 1. The van der Waals surface area contributed by atoms with Crippen LogP contribution in [-0.2, 0) is 12.5 Å². The van der Waals surface area contributed by atoms with Crippen LogP contribution in [-0.4, -0.2) is 4.98 Å². The lowest BCUT2D eigenvalue weighted by Gasteiger charge is -2.05. The second-order valence-corrected chi connectivity index (χ2v) is 4.76. The van der Waals surface area contributed by atoms with Crippen LogP contribution >= 0.6 is 22.9 Å². The molecule has 0 radical (unpaired) electrons. The molecule has 0 spiro atoms. The van der Waals surface area contributed by atoms with Crippen molar-refractivity contribution in [3.63, 3.8) is 0 Å². The van der Waals surface area contributed by atoms with Crippen LogP contribution in [0.25, 0.3) is 0 Å². The van der Waals surface area contributed by atoms with Crippen LogP contribution in [0.5, 0.6) is 5.75 Å². The lowest BCUT2D eigenvalue weighted by Crippen LogP contribution is -1.96. The summed E-state index contributed by atoms with van der Waals surface area (Å²) in [7, 11) is 0. The Balaban J connectivity index is 1.99. The van der Waals surface area contributed by atoms with E-state index in [9.17, 15) is 0 Å². The van der Waals surface area contributed by atoms with Gasteiger partial charge in [-0.15, -0.1) is 22.9 Å². The van der Waals surface area contributed by atoms with Crippen molar-refractivity contribution in [1.82, 2.24) is 4.98 Å². The molecule has 1 aromatic heterocycles. The number of hydrogen-bond acceptors (Lipinski definition) is 3. The van der Waals surface area contributed by atoms with Crippen LogP contribution in [0.4, 0.5) is 0 Å². The number of ether oxygens (including phenoxy) is 1. The van der Waals surface area contributed by atoms with Gasteiger partial charge < -0.3 is 4.74 Å². The number of rotatable bonds is 4. The topological polar surface area (TPSA) is 22.1 Å². The fraction of sp³-hybridized carbons (Fsp3) is 0.250. The third-order valence-electron chi connectivity index (χ3n) is 2.11. The molecular formula is C12H12ClNOS. The van der Waals surface area contributed by atoms with Gasteiger partial charge in [0.2, 0.25) is 0 Å². The number of nitrogens with zero attached hydrogens (tertiary/aromatic N) is 1.